The molecular weight excluding hydrogens is 174 g/mol. The number of rotatable bonds is 1. The third-order valence-corrected chi connectivity index (χ3v) is 2.17. The van der Waals surface area contributed by atoms with E-state index in [9.17, 15) is 0 Å². The van der Waals surface area contributed by atoms with Gasteiger partial charge in [-0.05, 0) is 25.0 Å². The number of aryl methyl sites for hydroxylation is 1. The average Bonchev–Trinajstić information content (AvgIpc) is 2.18. The van der Waals surface area contributed by atoms with Crippen LogP contribution in [0.5, 0.6) is 0 Å². The van der Waals surface area contributed by atoms with Gasteiger partial charge in [-0.25, -0.2) is 0 Å². The standard InChI is InChI=1S/C9H13N3.C2H6/c1-7-5-12(6-7)9-4-3-8(2)10-11-9;1-2/h3-4,7H,5-6H2,1-2H3;1-2H3. The van der Waals surface area contributed by atoms with Crippen LogP contribution in [0.2, 0.25) is 0 Å². The van der Waals surface area contributed by atoms with Crippen molar-refractivity contribution in [3.05, 3.63) is 17.8 Å². The Bertz CT molecular complexity index is 262. The summed E-state index contributed by atoms with van der Waals surface area (Å²) in [6, 6.07) is 4.04. The predicted molar refractivity (Wildman–Crippen MR) is 59.5 cm³/mol. The van der Waals surface area contributed by atoms with Crippen LogP contribution in [0, 0.1) is 12.8 Å². The maximum absolute atomic E-state index is 4.11. The van der Waals surface area contributed by atoms with Crippen molar-refractivity contribution in [3.8, 4) is 0 Å². The van der Waals surface area contributed by atoms with Crippen LogP contribution in [-0.2, 0) is 0 Å². The van der Waals surface area contributed by atoms with Gasteiger partial charge in [0.2, 0.25) is 0 Å². The highest BCUT2D eigenvalue weighted by molar-refractivity contribution is 5.40. The second-order valence-corrected chi connectivity index (χ2v) is 3.54. The molecular formula is C11H19N3. The normalized spacial score (nSPS) is 15.6. The van der Waals surface area contributed by atoms with Crippen molar-refractivity contribution < 1.29 is 0 Å². The van der Waals surface area contributed by atoms with E-state index in [1.54, 1.807) is 0 Å². The summed E-state index contributed by atoms with van der Waals surface area (Å²) < 4.78 is 0. The van der Waals surface area contributed by atoms with Gasteiger partial charge in [-0.1, -0.05) is 20.8 Å². The lowest BCUT2D eigenvalue weighted by Gasteiger charge is -2.37. The first-order chi connectivity index (χ1) is 6.75. The van der Waals surface area contributed by atoms with Gasteiger partial charge in [-0.2, -0.15) is 5.10 Å². The monoisotopic (exact) mass is 193 g/mol. The summed E-state index contributed by atoms with van der Waals surface area (Å²) in [6.07, 6.45) is 0. The van der Waals surface area contributed by atoms with Gasteiger partial charge in [-0.3, -0.25) is 0 Å². The Balaban J connectivity index is 0.000000461. The molecule has 1 aromatic rings. The molecule has 0 atom stereocenters. The molecule has 3 nitrogen and oxygen atoms in total. The lowest BCUT2D eigenvalue weighted by Crippen LogP contribution is -2.45. The maximum atomic E-state index is 4.11. The molecule has 0 unspecified atom stereocenters. The number of aromatic nitrogens is 2. The predicted octanol–water partition coefficient (Wildman–Crippen LogP) is 2.27. The molecule has 0 spiro atoms. The first kappa shape index (κ1) is 11.0. The first-order valence-corrected chi connectivity index (χ1v) is 5.31. The van der Waals surface area contributed by atoms with Gasteiger partial charge < -0.3 is 4.90 Å². The van der Waals surface area contributed by atoms with Crippen molar-refractivity contribution in [1.29, 1.82) is 0 Å². The molecule has 3 heteroatoms. The SMILES string of the molecule is CC.Cc1ccc(N2CC(C)C2)nn1. The Kier molecular flexibility index (Phi) is 3.86. The Morgan fingerprint density at radius 2 is 1.86 bits per heavy atom. The molecule has 0 saturated carbocycles. The summed E-state index contributed by atoms with van der Waals surface area (Å²) in [5.41, 5.74) is 0.979. The number of nitrogens with zero attached hydrogens (tertiary/aromatic N) is 3. The molecule has 0 N–H and O–H groups in total. The molecule has 14 heavy (non-hydrogen) atoms. The fraction of sp³-hybridized carbons (Fsp3) is 0.636. The molecule has 1 fully saturated rings. The molecule has 1 aliphatic heterocycles. The topological polar surface area (TPSA) is 29.0 Å². The fourth-order valence-corrected chi connectivity index (χ4v) is 1.45. The lowest BCUT2D eigenvalue weighted by molar-refractivity contribution is 0.442. The van der Waals surface area contributed by atoms with Crippen LogP contribution in [0.15, 0.2) is 12.1 Å². The van der Waals surface area contributed by atoms with Crippen molar-refractivity contribution in [1.82, 2.24) is 10.2 Å². The van der Waals surface area contributed by atoms with E-state index in [0.29, 0.717) is 0 Å². The molecule has 0 bridgehead atoms. The fourth-order valence-electron chi connectivity index (χ4n) is 1.45. The van der Waals surface area contributed by atoms with E-state index < -0.39 is 0 Å². The minimum absolute atomic E-state index is 0.813. The van der Waals surface area contributed by atoms with E-state index in [2.05, 4.69) is 22.0 Å². The molecule has 0 aromatic carbocycles. The van der Waals surface area contributed by atoms with Gasteiger partial charge >= 0.3 is 0 Å². The van der Waals surface area contributed by atoms with E-state index in [1.165, 1.54) is 0 Å². The lowest BCUT2D eigenvalue weighted by atomic mass is 10.0. The van der Waals surface area contributed by atoms with Crippen molar-refractivity contribution in [2.45, 2.75) is 27.7 Å². The maximum Gasteiger partial charge on any atom is 0.151 e. The second kappa shape index (κ2) is 4.94. The minimum Gasteiger partial charge on any atom is -0.354 e. The van der Waals surface area contributed by atoms with Gasteiger partial charge in [0.05, 0.1) is 5.69 Å². The summed E-state index contributed by atoms with van der Waals surface area (Å²) in [5.74, 6) is 1.83. The van der Waals surface area contributed by atoms with Crippen LogP contribution in [0.25, 0.3) is 0 Å². The van der Waals surface area contributed by atoms with Gasteiger partial charge in [-0.15, -0.1) is 5.10 Å². The van der Waals surface area contributed by atoms with E-state index in [-0.39, 0.29) is 0 Å². The van der Waals surface area contributed by atoms with Crippen LogP contribution in [0.3, 0.4) is 0 Å². The van der Waals surface area contributed by atoms with E-state index >= 15 is 0 Å². The summed E-state index contributed by atoms with van der Waals surface area (Å²) >= 11 is 0. The van der Waals surface area contributed by atoms with Crippen molar-refractivity contribution in [2.24, 2.45) is 5.92 Å². The zero-order valence-electron chi connectivity index (χ0n) is 9.49. The Morgan fingerprint density at radius 3 is 2.29 bits per heavy atom. The average molecular weight is 193 g/mol. The number of hydrogen-bond acceptors (Lipinski definition) is 3. The van der Waals surface area contributed by atoms with Gasteiger partial charge in [0.1, 0.15) is 0 Å². The molecule has 78 valence electrons. The molecule has 0 aliphatic carbocycles. The van der Waals surface area contributed by atoms with Crippen LogP contribution >= 0.6 is 0 Å². The quantitative estimate of drug-likeness (QED) is 0.685. The smallest absolute Gasteiger partial charge is 0.151 e. The molecule has 0 amide bonds. The van der Waals surface area contributed by atoms with Crippen molar-refractivity contribution >= 4 is 5.82 Å². The first-order valence-electron chi connectivity index (χ1n) is 5.31. The minimum atomic E-state index is 0.813. The molecule has 2 heterocycles. The summed E-state index contributed by atoms with van der Waals surface area (Å²) in [7, 11) is 0. The van der Waals surface area contributed by atoms with Crippen LogP contribution in [0.1, 0.15) is 26.5 Å². The van der Waals surface area contributed by atoms with E-state index in [0.717, 1.165) is 30.5 Å². The third kappa shape index (κ3) is 2.44. The van der Waals surface area contributed by atoms with Crippen molar-refractivity contribution in [3.63, 3.8) is 0 Å². The number of anilines is 1. The second-order valence-electron chi connectivity index (χ2n) is 3.54. The van der Waals surface area contributed by atoms with E-state index in [1.807, 2.05) is 32.9 Å². The zero-order valence-corrected chi connectivity index (χ0v) is 9.49. The molecule has 1 aromatic heterocycles. The summed E-state index contributed by atoms with van der Waals surface area (Å²) in [4.78, 5) is 2.25. The number of hydrogen-bond donors (Lipinski definition) is 0. The molecule has 1 aliphatic rings. The van der Waals surface area contributed by atoms with Crippen LogP contribution < -0.4 is 4.90 Å². The van der Waals surface area contributed by atoms with Gasteiger partial charge in [0.25, 0.3) is 0 Å². The highest BCUT2D eigenvalue weighted by atomic mass is 15.3. The molecule has 1 saturated heterocycles. The van der Waals surface area contributed by atoms with Crippen LogP contribution in [0.4, 0.5) is 5.82 Å². The Morgan fingerprint density at radius 1 is 1.21 bits per heavy atom. The van der Waals surface area contributed by atoms with Gasteiger partial charge in [0, 0.05) is 13.1 Å². The highest BCUT2D eigenvalue weighted by Crippen LogP contribution is 2.20. The Labute approximate surface area is 86.2 Å². The van der Waals surface area contributed by atoms with Gasteiger partial charge in [0.15, 0.2) is 5.82 Å². The van der Waals surface area contributed by atoms with Crippen LogP contribution in [-0.4, -0.2) is 23.3 Å². The summed E-state index contributed by atoms with van der Waals surface area (Å²) in [5, 5.41) is 8.13. The molecule has 2 rings (SSSR count). The highest BCUT2D eigenvalue weighted by Gasteiger charge is 2.23. The van der Waals surface area contributed by atoms with E-state index in [4.69, 9.17) is 0 Å². The largest absolute Gasteiger partial charge is 0.354 e. The summed E-state index contributed by atoms with van der Waals surface area (Å²) in [6.45, 7) is 10.4. The molecule has 0 radical (unpaired) electrons. The zero-order chi connectivity index (χ0) is 10.6. The third-order valence-electron chi connectivity index (χ3n) is 2.17. The van der Waals surface area contributed by atoms with Crippen molar-refractivity contribution in [2.75, 3.05) is 18.0 Å². The Hall–Kier alpha value is -1.12.